The summed E-state index contributed by atoms with van der Waals surface area (Å²) in [5.41, 5.74) is 0.548. The molecule has 0 aliphatic heterocycles. The molecule has 2 N–H and O–H groups in total. The van der Waals surface area contributed by atoms with Crippen LogP contribution in [0.3, 0.4) is 0 Å². The highest BCUT2D eigenvalue weighted by Crippen LogP contribution is 2.27. The minimum atomic E-state index is -0.933. The van der Waals surface area contributed by atoms with E-state index in [2.05, 4.69) is 5.32 Å². The number of hydrogen-bond acceptors (Lipinski definition) is 3. The Bertz CT molecular complexity index is 512. The molecule has 1 fully saturated rings. The van der Waals surface area contributed by atoms with Crippen molar-refractivity contribution in [3.05, 3.63) is 29.8 Å². The number of carbonyl (C=O) groups excluding carboxylic acids is 1. The minimum Gasteiger partial charge on any atom is -0.480 e. The van der Waals surface area contributed by atoms with E-state index in [-0.39, 0.29) is 11.8 Å². The van der Waals surface area contributed by atoms with Gasteiger partial charge in [0.25, 0.3) is 5.91 Å². The average Bonchev–Trinajstić information content (AvgIpc) is 2.52. The van der Waals surface area contributed by atoms with E-state index in [1.807, 2.05) is 18.4 Å². The van der Waals surface area contributed by atoms with E-state index in [1.54, 1.807) is 12.1 Å². The lowest BCUT2D eigenvalue weighted by Crippen LogP contribution is -2.46. The third-order valence-corrected chi connectivity index (χ3v) is 4.82. The van der Waals surface area contributed by atoms with Gasteiger partial charge in [-0.25, -0.2) is 4.79 Å². The SMILES string of the molecule is CSc1ccccc1C(=O)NC(C(=O)O)C1CCCCC1. The Morgan fingerprint density at radius 1 is 1.24 bits per heavy atom. The molecule has 1 amide bonds. The summed E-state index contributed by atoms with van der Waals surface area (Å²) in [6.45, 7) is 0. The Morgan fingerprint density at radius 2 is 1.90 bits per heavy atom. The smallest absolute Gasteiger partial charge is 0.326 e. The van der Waals surface area contributed by atoms with Gasteiger partial charge in [0.2, 0.25) is 0 Å². The summed E-state index contributed by atoms with van der Waals surface area (Å²) in [6, 6.07) is 6.49. The monoisotopic (exact) mass is 307 g/mol. The molecule has 0 heterocycles. The van der Waals surface area contributed by atoms with E-state index >= 15 is 0 Å². The zero-order chi connectivity index (χ0) is 15.2. The Hall–Kier alpha value is -1.49. The molecule has 0 radical (unpaired) electrons. The van der Waals surface area contributed by atoms with Gasteiger partial charge in [0.05, 0.1) is 5.56 Å². The van der Waals surface area contributed by atoms with E-state index in [0.29, 0.717) is 5.56 Å². The largest absolute Gasteiger partial charge is 0.480 e. The Balaban J connectivity index is 2.12. The normalized spacial score (nSPS) is 17.2. The maximum absolute atomic E-state index is 12.4. The van der Waals surface area contributed by atoms with Crippen LogP contribution < -0.4 is 5.32 Å². The first-order chi connectivity index (χ1) is 10.1. The summed E-state index contributed by atoms with van der Waals surface area (Å²) in [4.78, 5) is 24.8. The number of hydrogen-bond donors (Lipinski definition) is 2. The lowest BCUT2D eigenvalue weighted by atomic mass is 9.84. The molecular weight excluding hydrogens is 286 g/mol. The van der Waals surface area contributed by atoms with Gasteiger partial charge in [-0.15, -0.1) is 11.8 Å². The summed E-state index contributed by atoms with van der Waals surface area (Å²) in [5, 5.41) is 12.2. The van der Waals surface area contributed by atoms with Gasteiger partial charge in [-0.05, 0) is 37.1 Å². The zero-order valence-electron chi connectivity index (χ0n) is 12.2. The van der Waals surface area contributed by atoms with E-state index in [1.165, 1.54) is 11.8 Å². The highest BCUT2D eigenvalue weighted by Gasteiger charge is 2.31. The summed E-state index contributed by atoms with van der Waals surface area (Å²) in [5.74, 6) is -1.18. The molecule has 0 spiro atoms. The zero-order valence-corrected chi connectivity index (χ0v) is 13.0. The third-order valence-electron chi connectivity index (χ3n) is 4.03. The van der Waals surface area contributed by atoms with Gasteiger partial charge in [0.1, 0.15) is 6.04 Å². The maximum atomic E-state index is 12.4. The molecule has 2 rings (SSSR count). The van der Waals surface area contributed by atoms with E-state index in [9.17, 15) is 14.7 Å². The van der Waals surface area contributed by atoms with E-state index in [0.717, 1.165) is 37.0 Å². The van der Waals surface area contributed by atoms with Crippen molar-refractivity contribution in [3.63, 3.8) is 0 Å². The molecule has 0 saturated heterocycles. The van der Waals surface area contributed by atoms with Gasteiger partial charge in [-0.2, -0.15) is 0 Å². The maximum Gasteiger partial charge on any atom is 0.326 e. The summed E-state index contributed by atoms with van der Waals surface area (Å²) < 4.78 is 0. The van der Waals surface area contributed by atoms with Crippen molar-refractivity contribution in [2.45, 2.75) is 43.0 Å². The van der Waals surface area contributed by atoms with Crippen LogP contribution in [0.1, 0.15) is 42.5 Å². The first kappa shape index (κ1) is 15.9. The van der Waals surface area contributed by atoms with Crippen molar-refractivity contribution in [2.24, 2.45) is 5.92 Å². The lowest BCUT2D eigenvalue weighted by molar-refractivity contribution is -0.141. The molecule has 0 aromatic heterocycles. The predicted octanol–water partition coefficient (Wildman–Crippen LogP) is 3.17. The van der Waals surface area contributed by atoms with Gasteiger partial charge in [0, 0.05) is 4.90 Å². The number of carbonyl (C=O) groups is 2. The number of carboxylic acids is 1. The molecule has 1 aliphatic carbocycles. The average molecular weight is 307 g/mol. The van der Waals surface area contributed by atoms with Crippen LogP contribution in [0, 0.1) is 5.92 Å². The van der Waals surface area contributed by atoms with E-state index < -0.39 is 12.0 Å². The lowest BCUT2D eigenvalue weighted by Gasteiger charge is -2.28. The first-order valence-electron chi connectivity index (χ1n) is 7.30. The molecule has 1 unspecified atom stereocenters. The van der Waals surface area contributed by atoms with Gasteiger partial charge < -0.3 is 10.4 Å². The van der Waals surface area contributed by atoms with Crippen LogP contribution in [-0.2, 0) is 4.79 Å². The molecule has 114 valence electrons. The van der Waals surface area contributed by atoms with Crippen LogP contribution in [-0.4, -0.2) is 29.3 Å². The van der Waals surface area contributed by atoms with Crippen LogP contribution in [0.2, 0.25) is 0 Å². The van der Waals surface area contributed by atoms with Crippen LogP contribution in [0.25, 0.3) is 0 Å². The van der Waals surface area contributed by atoms with Gasteiger partial charge in [-0.3, -0.25) is 4.79 Å². The molecule has 21 heavy (non-hydrogen) atoms. The van der Waals surface area contributed by atoms with Crippen molar-refractivity contribution < 1.29 is 14.7 Å². The van der Waals surface area contributed by atoms with Crippen molar-refractivity contribution in [1.29, 1.82) is 0 Å². The third kappa shape index (κ3) is 4.00. The quantitative estimate of drug-likeness (QED) is 0.820. The fourth-order valence-electron chi connectivity index (χ4n) is 2.90. The number of amides is 1. The van der Waals surface area contributed by atoms with Crippen molar-refractivity contribution in [1.82, 2.24) is 5.32 Å². The van der Waals surface area contributed by atoms with Crippen LogP contribution >= 0.6 is 11.8 Å². The topological polar surface area (TPSA) is 66.4 Å². The van der Waals surface area contributed by atoms with Crippen LogP contribution in [0.15, 0.2) is 29.2 Å². The summed E-state index contributed by atoms with van der Waals surface area (Å²) >= 11 is 1.49. The summed E-state index contributed by atoms with van der Waals surface area (Å²) in [6.07, 6.45) is 6.91. The standard InChI is InChI=1S/C16H21NO3S/c1-21-13-10-6-5-9-12(13)15(18)17-14(16(19)20)11-7-3-2-4-8-11/h5-6,9-11,14H,2-4,7-8H2,1H3,(H,17,18)(H,19,20). The Labute approximate surface area is 129 Å². The van der Waals surface area contributed by atoms with Gasteiger partial charge in [0.15, 0.2) is 0 Å². The molecule has 0 bridgehead atoms. The Morgan fingerprint density at radius 3 is 2.52 bits per heavy atom. The number of nitrogens with one attached hydrogen (secondary N) is 1. The molecule has 1 aromatic rings. The second-order valence-corrected chi connectivity index (χ2v) is 6.24. The van der Waals surface area contributed by atoms with Gasteiger partial charge in [-0.1, -0.05) is 31.4 Å². The van der Waals surface area contributed by atoms with Crippen LogP contribution in [0.5, 0.6) is 0 Å². The number of aliphatic carboxylic acids is 1. The number of carboxylic acid groups (broad SMARTS) is 1. The highest BCUT2D eigenvalue weighted by molar-refractivity contribution is 7.98. The number of rotatable bonds is 5. The van der Waals surface area contributed by atoms with Crippen molar-refractivity contribution >= 4 is 23.6 Å². The predicted molar refractivity (Wildman–Crippen MR) is 83.7 cm³/mol. The van der Waals surface area contributed by atoms with Gasteiger partial charge >= 0.3 is 5.97 Å². The molecular formula is C16H21NO3S. The van der Waals surface area contributed by atoms with Crippen molar-refractivity contribution in [3.8, 4) is 0 Å². The molecule has 1 atom stereocenters. The first-order valence-corrected chi connectivity index (χ1v) is 8.52. The fraction of sp³-hybridized carbons (Fsp3) is 0.500. The van der Waals surface area contributed by atoms with Crippen LogP contribution in [0.4, 0.5) is 0 Å². The van der Waals surface area contributed by atoms with Crippen molar-refractivity contribution in [2.75, 3.05) is 6.26 Å². The molecule has 1 aliphatic rings. The Kier molecular flexibility index (Phi) is 5.67. The highest BCUT2D eigenvalue weighted by atomic mass is 32.2. The fourth-order valence-corrected chi connectivity index (χ4v) is 3.50. The second-order valence-electron chi connectivity index (χ2n) is 5.39. The second kappa shape index (κ2) is 7.50. The molecule has 1 saturated carbocycles. The van der Waals surface area contributed by atoms with E-state index in [4.69, 9.17) is 0 Å². The molecule has 5 heteroatoms. The molecule has 1 aromatic carbocycles. The molecule has 4 nitrogen and oxygen atoms in total. The number of benzene rings is 1. The summed E-state index contributed by atoms with van der Waals surface area (Å²) in [7, 11) is 0. The number of thioether (sulfide) groups is 1. The minimum absolute atomic E-state index is 0.0432.